The van der Waals surface area contributed by atoms with E-state index in [1.165, 1.54) is 0 Å². The number of carbonyl (C=O) groups is 2. The Kier molecular flexibility index (Phi) is 5.38. The quantitative estimate of drug-likeness (QED) is 0.742. The van der Waals surface area contributed by atoms with Crippen molar-refractivity contribution in [1.82, 2.24) is 5.32 Å². The number of rotatable bonds is 4. The van der Waals surface area contributed by atoms with E-state index in [0.29, 0.717) is 25.7 Å². The second kappa shape index (κ2) is 6.58. The van der Waals surface area contributed by atoms with Gasteiger partial charge < -0.3 is 15.2 Å². The molecule has 0 spiro atoms. The lowest BCUT2D eigenvalue weighted by molar-refractivity contribution is -0.142. The Morgan fingerprint density at radius 2 is 1.94 bits per heavy atom. The van der Waals surface area contributed by atoms with Crippen LogP contribution in [0, 0.1) is 5.92 Å². The van der Waals surface area contributed by atoms with Gasteiger partial charge in [0, 0.05) is 6.04 Å². The predicted molar refractivity (Wildman–Crippen MR) is 58.6 cm³/mol. The topological polar surface area (TPSA) is 75.6 Å². The van der Waals surface area contributed by atoms with Crippen molar-refractivity contribution in [3.05, 3.63) is 0 Å². The molecule has 5 nitrogen and oxygen atoms in total. The molecule has 1 fully saturated rings. The highest BCUT2D eigenvalue weighted by Gasteiger charge is 2.26. The van der Waals surface area contributed by atoms with Gasteiger partial charge >= 0.3 is 12.1 Å². The van der Waals surface area contributed by atoms with Crippen LogP contribution in [0.1, 0.15) is 25.7 Å². The summed E-state index contributed by atoms with van der Waals surface area (Å²) in [5.74, 6) is -0.737. The monoisotopic (exact) mass is 249 g/mol. The number of ether oxygens (including phenoxy) is 1. The van der Waals surface area contributed by atoms with E-state index < -0.39 is 12.1 Å². The summed E-state index contributed by atoms with van der Waals surface area (Å²) >= 11 is 5.37. The minimum atomic E-state index is -0.747. The van der Waals surface area contributed by atoms with Crippen molar-refractivity contribution >= 4 is 23.7 Å². The second-order valence-electron chi connectivity index (χ2n) is 3.86. The molecule has 1 saturated carbocycles. The van der Waals surface area contributed by atoms with Gasteiger partial charge in [-0.3, -0.25) is 4.79 Å². The molecule has 2 N–H and O–H groups in total. The van der Waals surface area contributed by atoms with Gasteiger partial charge in [0.1, 0.15) is 6.61 Å². The van der Waals surface area contributed by atoms with E-state index in [9.17, 15) is 9.59 Å². The Morgan fingerprint density at radius 1 is 1.31 bits per heavy atom. The van der Waals surface area contributed by atoms with Gasteiger partial charge in [0.15, 0.2) is 0 Å². The van der Waals surface area contributed by atoms with Crippen LogP contribution in [-0.4, -0.2) is 35.7 Å². The van der Waals surface area contributed by atoms with Crippen LogP contribution in [0.4, 0.5) is 4.79 Å². The van der Waals surface area contributed by atoms with Gasteiger partial charge in [0.2, 0.25) is 0 Å². The third-order valence-corrected chi connectivity index (χ3v) is 2.86. The maximum atomic E-state index is 11.2. The van der Waals surface area contributed by atoms with Crippen molar-refractivity contribution in [2.45, 2.75) is 31.7 Å². The zero-order chi connectivity index (χ0) is 12.0. The van der Waals surface area contributed by atoms with E-state index in [-0.39, 0.29) is 24.4 Å². The molecule has 0 atom stereocenters. The van der Waals surface area contributed by atoms with E-state index in [1.54, 1.807) is 0 Å². The Labute approximate surface area is 99.1 Å². The van der Waals surface area contributed by atoms with Crippen LogP contribution >= 0.6 is 11.6 Å². The van der Waals surface area contributed by atoms with Gasteiger partial charge in [-0.25, -0.2) is 4.79 Å². The van der Waals surface area contributed by atoms with Crippen molar-refractivity contribution < 1.29 is 19.4 Å². The van der Waals surface area contributed by atoms with Crippen molar-refractivity contribution in [2.24, 2.45) is 5.92 Å². The summed E-state index contributed by atoms with van der Waals surface area (Å²) in [5, 5.41) is 11.5. The molecule has 1 amide bonds. The number of aliphatic carboxylic acids is 1. The van der Waals surface area contributed by atoms with E-state index >= 15 is 0 Å². The normalized spacial score (nSPS) is 24.8. The highest BCUT2D eigenvalue weighted by atomic mass is 35.5. The van der Waals surface area contributed by atoms with Gasteiger partial charge in [-0.15, -0.1) is 11.6 Å². The average Bonchev–Trinajstić information content (AvgIpc) is 2.27. The minimum absolute atomic E-state index is 0.0263. The van der Waals surface area contributed by atoms with Crippen LogP contribution in [0.15, 0.2) is 0 Å². The Hall–Kier alpha value is -0.970. The number of carbonyl (C=O) groups excluding carboxylic acids is 1. The Bertz CT molecular complexity index is 251. The van der Waals surface area contributed by atoms with Gasteiger partial charge in [-0.05, 0) is 25.7 Å². The first-order chi connectivity index (χ1) is 7.63. The highest BCUT2D eigenvalue weighted by molar-refractivity contribution is 6.18. The lowest BCUT2D eigenvalue weighted by Gasteiger charge is -2.26. The van der Waals surface area contributed by atoms with Crippen LogP contribution in [0.25, 0.3) is 0 Å². The largest absolute Gasteiger partial charge is 0.481 e. The molecule has 0 radical (unpaired) electrons. The molecule has 0 aromatic carbocycles. The molecule has 1 aliphatic rings. The third kappa shape index (κ3) is 4.26. The smallest absolute Gasteiger partial charge is 0.407 e. The van der Waals surface area contributed by atoms with E-state index in [4.69, 9.17) is 21.4 Å². The lowest BCUT2D eigenvalue weighted by atomic mass is 9.86. The molecule has 92 valence electrons. The van der Waals surface area contributed by atoms with Gasteiger partial charge in [0.25, 0.3) is 0 Å². The van der Waals surface area contributed by atoms with Crippen molar-refractivity contribution in [1.29, 1.82) is 0 Å². The van der Waals surface area contributed by atoms with E-state index in [1.807, 2.05) is 0 Å². The highest BCUT2D eigenvalue weighted by Crippen LogP contribution is 2.24. The van der Waals surface area contributed by atoms with Gasteiger partial charge in [-0.2, -0.15) is 0 Å². The summed E-state index contributed by atoms with van der Waals surface area (Å²) in [7, 11) is 0. The molecular weight excluding hydrogens is 234 g/mol. The first kappa shape index (κ1) is 13.1. The summed E-state index contributed by atoms with van der Waals surface area (Å²) in [4.78, 5) is 21.9. The average molecular weight is 250 g/mol. The molecule has 0 heterocycles. The van der Waals surface area contributed by atoms with Crippen LogP contribution in [-0.2, 0) is 9.53 Å². The van der Waals surface area contributed by atoms with E-state index in [2.05, 4.69) is 5.32 Å². The van der Waals surface area contributed by atoms with Crippen LogP contribution < -0.4 is 5.32 Å². The molecule has 6 heteroatoms. The fourth-order valence-electron chi connectivity index (χ4n) is 1.82. The number of carboxylic acid groups (broad SMARTS) is 1. The summed E-state index contributed by atoms with van der Waals surface area (Å²) in [6, 6.07) is 0.0263. The zero-order valence-electron chi connectivity index (χ0n) is 8.95. The minimum Gasteiger partial charge on any atom is -0.481 e. The van der Waals surface area contributed by atoms with E-state index in [0.717, 1.165) is 0 Å². The number of carboxylic acids is 1. The number of hydrogen-bond acceptors (Lipinski definition) is 3. The lowest BCUT2D eigenvalue weighted by Crippen LogP contribution is -2.39. The third-order valence-electron chi connectivity index (χ3n) is 2.71. The Balaban J connectivity index is 2.21. The number of halogens is 1. The second-order valence-corrected chi connectivity index (χ2v) is 4.23. The number of hydrogen-bond donors (Lipinski definition) is 2. The summed E-state index contributed by atoms with van der Waals surface area (Å²) in [6.45, 7) is 0.192. The van der Waals surface area contributed by atoms with Crippen molar-refractivity contribution in [3.63, 3.8) is 0 Å². The van der Waals surface area contributed by atoms with Crippen molar-refractivity contribution in [3.8, 4) is 0 Å². The fraction of sp³-hybridized carbons (Fsp3) is 0.800. The van der Waals surface area contributed by atoms with Crippen molar-refractivity contribution in [2.75, 3.05) is 12.5 Å². The van der Waals surface area contributed by atoms with Gasteiger partial charge in [0.05, 0.1) is 11.8 Å². The first-order valence-electron chi connectivity index (χ1n) is 5.35. The predicted octanol–water partition coefficient (Wildman–Crippen LogP) is 1.59. The summed E-state index contributed by atoms with van der Waals surface area (Å²) < 4.78 is 4.77. The molecule has 0 aromatic rings. The first-order valence-corrected chi connectivity index (χ1v) is 5.89. The molecule has 1 aliphatic carbocycles. The number of alkyl carbamates (subject to hydrolysis) is 1. The molecular formula is C10H16ClNO4. The molecule has 0 bridgehead atoms. The van der Waals surface area contributed by atoms with Crippen LogP contribution in [0.5, 0.6) is 0 Å². The molecule has 0 unspecified atom stereocenters. The van der Waals surface area contributed by atoms with Gasteiger partial charge in [-0.1, -0.05) is 0 Å². The molecule has 1 rings (SSSR count). The molecule has 0 saturated heterocycles. The fourth-order valence-corrected chi connectivity index (χ4v) is 1.90. The summed E-state index contributed by atoms with van der Waals surface area (Å²) in [5.41, 5.74) is 0. The van der Waals surface area contributed by atoms with Crippen LogP contribution in [0.3, 0.4) is 0 Å². The molecule has 0 aromatic heterocycles. The van der Waals surface area contributed by atoms with Crippen LogP contribution in [0.2, 0.25) is 0 Å². The molecule has 0 aliphatic heterocycles. The maximum absolute atomic E-state index is 11.2. The number of amides is 1. The standard InChI is InChI=1S/C10H16ClNO4/c11-5-6-16-10(15)12-8-3-1-7(2-4-8)9(13)14/h7-8H,1-6H2,(H,12,15)(H,13,14). The Morgan fingerprint density at radius 3 is 2.44 bits per heavy atom. The number of nitrogens with one attached hydrogen (secondary N) is 1. The SMILES string of the molecule is O=C(NC1CCC(C(=O)O)CC1)OCCCl. The zero-order valence-corrected chi connectivity index (χ0v) is 9.70. The summed E-state index contributed by atoms with van der Waals surface area (Å²) in [6.07, 6.45) is 2.12. The number of alkyl halides is 1. The maximum Gasteiger partial charge on any atom is 0.407 e. The molecule has 16 heavy (non-hydrogen) atoms.